The second kappa shape index (κ2) is 6.71. The van der Waals surface area contributed by atoms with E-state index < -0.39 is 0 Å². The van der Waals surface area contributed by atoms with Gasteiger partial charge in [-0.25, -0.2) is 0 Å². The smallest absolute Gasteiger partial charge is 0.179 e. The van der Waals surface area contributed by atoms with Crippen LogP contribution in [0.5, 0.6) is 0 Å². The van der Waals surface area contributed by atoms with E-state index in [9.17, 15) is 4.79 Å². The summed E-state index contributed by atoms with van der Waals surface area (Å²) in [5, 5.41) is 0. The van der Waals surface area contributed by atoms with Gasteiger partial charge < -0.3 is 4.90 Å². The minimum Gasteiger partial charge on any atom is -0.305 e. The Hall–Kier alpha value is -1.19. The lowest BCUT2D eigenvalue weighted by molar-refractivity contribution is 0.0858. The second-order valence-electron chi connectivity index (χ2n) is 6.55. The number of benzene rings is 1. The number of ketones is 1. The molecule has 0 aromatic heterocycles. The number of Topliss-reactive ketones (excluding diaryl/α,β-unsaturated/α-hetero) is 1. The monoisotopic (exact) mass is 288 g/mol. The molecule has 1 aliphatic heterocycles. The van der Waals surface area contributed by atoms with Crippen molar-refractivity contribution in [2.75, 3.05) is 27.2 Å². The summed E-state index contributed by atoms with van der Waals surface area (Å²) >= 11 is 0. The predicted molar refractivity (Wildman–Crippen MR) is 87.8 cm³/mol. The Balaban J connectivity index is 2.05. The van der Waals surface area contributed by atoms with E-state index in [1.807, 2.05) is 19.1 Å². The van der Waals surface area contributed by atoms with Crippen molar-refractivity contribution in [3.8, 4) is 0 Å². The maximum absolute atomic E-state index is 12.7. The fourth-order valence-corrected chi connectivity index (χ4v) is 3.29. The molecule has 1 saturated heterocycles. The largest absolute Gasteiger partial charge is 0.305 e. The van der Waals surface area contributed by atoms with Crippen molar-refractivity contribution in [3.05, 3.63) is 35.4 Å². The van der Waals surface area contributed by atoms with Crippen LogP contribution in [0.1, 0.15) is 36.7 Å². The van der Waals surface area contributed by atoms with Crippen molar-refractivity contribution in [3.63, 3.8) is 0 Å². The van der Waals surface area contributed by atoms with Gasteiger partial charge in [-0.3, -0.25) is 9.69 Å². The van der Waals surface area contributed by atoms with Gasteiger partial charge in [0.05, 0.1) is 6.04 Å². The number of carbonyl (C=O) groups is 1. The third-order valence-corrected chi connectivity index (χ3v) is 4.84. The zero-order valence-electron chi connectivity index (χ0n) is 14.0. The number of hydrogen-bond donors (Lipinski definition) is 0. The van der Waals surface area contributed by atoms with Crippen molar-refractivity contribution in [2.45, 2.75) is 39.3 Å². The average Bonchev–Trinajstić information content (AvgIpc) is 2.88. The quantitative estimate of drug-likeness (QED) is 0.778. The molecule has 1 fully saturated rings. The van der Waals surface area contributed by atoms with Crippen LogP contribution in [-0.4, -0.2) is 54.9 Å². The lowest BCUT2D eigenvalue weighted by Crippen LogP contribution is -2.40. The third-order valence-electron chi connectivity index (χ3n) is 4.84. The summed E-state index contributed by atoms with van der Waals surface area (Å²) in [5.41, 5.74) is 2.11. The molecule has 0 N–H and O–H groups in total. The number of nitrogens with zero attached hydrogens (tertiary/aromatic N) is 2. The first kappa shape index (κ1) is 16.2. The van der Waals surface area contributed by atoms with Crippen molar-refractivity contribution >= 4 is 5.78 Å². The van der Waals surface area contributed by atoms with Gasteiger partial charge in [-0.05, 0) is 38.9 Å². The summed E-state index contributed by atoms with van der Waals surface area (Å²) in [7, 11) is 4.25. The number of likely N-dealkylation sites (tertiary alicyclic amines) is 1. The van der Waals surface area contributed by atoms with Gasteiger partial charge in [0, 0.05) is 24.7 Å². The molecule has 0 aliphatic carbocycles. The van der Waals surface area contributed by atoms with Crippen LogP contribution in [-0.2, 0) is 6.42 Å². The maximum atomic E-state index is 12.7. The Morgan fingerprint density at radius 3 is 2.38 bits per heavy atom. The van der Waals surface area contributed by atoms with Gasteiger partial charge in [-0.1, -0.05) is 38.1 Å². The average molecular weight is 288 g/mol. The lowest BCUT2D eigenvalue weighted by Gasteiger charge is -2.25. The van der Waals surface area contributed by atoms with Crippen molar-refractivity contribution in [2.24, 2.45) is 5.92 Å². The molecule has 1 aromatic carbocycles. The second-order valence-corrected chi connectivity index (χ2v) is 6.55. The molecular formula is C18H28N2O. The first-order valence-electron chi connectivity index (χ1n) is 7.97. The molecule has 116 valence electrons. The van der Waals surface area contributed by atoms with Gasteiger partial charge in [0.25, 0.3) is 0 Å². The molecule has 1 aliphatic rings. The molecule has 3 atom stereocenters. The van der Waals surface area contributed by atoms with Crippen LogP contribution in [0.2, 0.25) is 0 Å². The highest BCUT2D eigenvalue weighted by atomic mass is 16.1. The number of hydrogen-bond acceptors (Lipinski definition) is 3. The van der Waals surface area contributed by atoms with Crippen LogP contribution < -0.4 is 0 Å². The van der Waals surface area contributed by atoms with Gasteiger partial charge in [0.15, 0.2) is 5.78 Å². The van der Waals surface area contributed by atoms with Gasteiger partial charge in [-0.2, -0.15) is 0 Å². The molecule has 0 radical (unpaired) electrons. The molecule has 3 nitrogen and oxygen atoms in total. The van der Waals surface area contributed by atoms with E-state index >= 15 is 0 Å². The normalized spacial score (nSPS) is 24.5. The number of likely N-dealkylation sites (N-methyl/N-ethyl adjacent to an activating group) is 1. The lowest BCUT2D eigenvalue weighted by atomic mass is 10.0. The van der Waals surface area contributed by atoms with E-state index in [1.54, 1.807) is 0 Å². The summed E-state index contributed by atoms with van der Waals surface area (Å²) in [4.78, 5) is 17.3. The highest BCUT2D eigenvalue weighted by Crippen LogP contribution is 2.23. The first-order chi connectivity index (χ1) is 9.93. The van der Waals surface area contributed by atoms with E-state index in [1.165, 1.54) is 5.56 Å². The Kier molecular flexibility index (Phi) is 5.17. The fraction of sp³-hybridized carbons (Fsp3) is 0.611. The van der Waals surface area contributed by atoms with E-state index in [-0.39, 0.29) is 11.8 Å². The highest BCUT2D eigenvalue weighted by molar-refractivity contribution is 5.99. The minimum atomic E-state index is -0.0372. The summed E-state index contributed by atoms with van der Waals surface area (Å²) in [6.45, 7) is 8.43. The molecule has 3 unspecified atom stereocenters. The minimum absolute atomic E-state index is 0.0372. The Morgan fingerprint density at radius 2 is 1.90 bits per heavy atom. The molecule has 1 heterocycles. The predicted octanol–water partition coefficient (Wildman–Crippen LogP) is 2.70. The summed E-state index contributed by atoms with van der Waals surface area (Å²) < 4.78 is 0. The van der Waals surface area contributed by atoms with Crippen molar-refractivity contribution < 1.29 is 4.79 Å². The van der Waals surface area contributed by atoms with E-state index in [0.717, 1.165) is 25.1 Å². The fourth-order valence-electron chi connectivity index (χ4n) is 3.29. The van der Waals surface area contributed by atoms with E-state index in [4.69, 9.17) is 0 Å². The molecule has 21 heavy (non-hydrogen) atoms. The van der Waals surface area contributed by atoms with Crippen molar-refractivity contribution in [1.82, 2.24) is 9.80 Å². The van der Waals surface area contributed by atoms with Gasteiger partial charge >= 0.3 is 0 Å². The van der Waals surface area contributed by atoms with Crippen molar-refractivity contribution in [1.29, 1.82) is 0 Å². The first-order valence-corrected chi connectivity index (χ1v) is 7.97. The Bertz CT molecular complexity index is 480. The SMILES string of the molecule is CCc1ccc(C(=O)C(C)N2CC(C)C(N(C)C)C2)cc1. The van der Waals surface area contributed by atoms with Crippen LogP contribution in [0, 0.1) is 5.92 Å². The Labute approximate surface area is 128 Å². The molecule has 0 spiro atoms. The third kappa shape index (κ3) is 3.53. The number of carbonyl (C=O) groups excluding carboxylic acids is 1. The molecule has 0 bridgehead atoms. The van der Waals surface area contributed by atoms with Gasteiger partial charge in [-0.15, -0.1) is 0 Å². The zero-order valence-corrected chi connectivity index (χ0v) is 14.0. The summed E-state index contributed by atoms with van der Waals surface area (Å²) in [5.74, 6) is 0.849. The van der Waals surface area contributed by atoms with Gasteiger partial charge in [0.2, 0.25) is 0 Å². The van der Waals surface area contributed by atoms with Crippen LogP contribution in [0.25, 0.3) is 0 Å². The maximum Gasteiger partial charge on any atom is 0.179 e. The molecule has 3 heteroatoms. The molecule has 1 aromatic rings. The standard InChI is InChI=1S/C18H28N2O/c1-6-15-7-9-16(10-8-15)18(21)14(3)20-11-13(2)17(12-20)19(4)5/h7-10,13-14,17H,6,11-12H2,1-5H3. The molecular weight excluding hydrogens is 260 g/mol. The summed E-state index contributed by atoms with van der Waals surface area (Å²) in [6, 6.07) is 8.58. The van der Waals surface area contributed by atoms with Gasteiger partial charge in [0.1, 0.15) is 0 Å². The topological polar surface area (TPSA) is 23.6 Å². The zero-order chi connectivity index (χ0) is 15.6. The Morgan fingerprint density at radius 1 is 1.29 bits per heavy atom. The number of aryl methyl sites for hydroxylation is 1. The van der Waals surface area contributed by atoms with Crippen LogP contribution in [0.3, 0.4) is 0 Å². The molecule has 2 rings (SSSR count). The summed E-state index contributed by atoms with van der Waals surface area (Å²) in [6.07, 6.45) is 1.01. The molecule has 0 saturated carbocycles. The van der Waals surface area contributed by atoms with Crippen LogP contribution >= 0.6 is 0 Å². The number of rotatable bonds is 5. The van der Waals surface area contributed by atoms with Crippen LogP contribution in [0.15, 0.2) is 24.3 Å². The molecule has 0 amide bonds. The van der Waals surface area contributed by atoms with E-state index in [2.05, 4.69) is 49.9 Å². The van der Waals surface area contributed by atoms with Crippen LogP contribution in [0.4, 0.5) is 0 Å². The highest BCUT2D eigenvalue weighted by Gasteiger charge is 2.35. The van der Waals surface area contributed by atoms with E-state index in [0.29, 0.717) is 12.0 Å².